The Morgan fingerprint density at radius 2 is 2.12 bits per heavy atom. The number of aromatic nitrogens is 1. The largest absolute Gasteiger partial charge is 0.388 e. The molecule has 1 aromatic carbocycles. The van der Waals surface area contributed by atoms with Gasteiger partial charge in [0.05, 0.1) is 11.4 Å². The predicted octanol–water partition coefficient (Wildman–Crippen LogP) is 5.90. The molecule has 0 radical (unpaired) electrons. The van der Waals surface area contributed by atoms with E-state index in [0.717, 1.165) is 17.9 Å². The molecule has 26 heavy (non-hydrogen) atoms. The van der Waals surface area contributed by atoms with Crippen LogP contribution in [-0.2, 0) is 0 Å². The van der Waals surface area contributed by atoms with Crippen molar-refractivity contribution in [1.82, 2.24) is 4.98 Å². The van der Waals surface area contributed by atoms with Crippen LogP contribution in [0.2, 0.25) is 0 Å². The lowest BCUT2D eigenvalue weighted by Crippen LogP contribution is -2.35. The fraction of sp³-hybridized carbons (Fsp3) is 0.435. The van der Waals surface area contributed by atoms with Crippen LogP contribution < -0.4 is 10.2 Å². The van der Waals surface area contributed by atoms with E-state index in [4.69, 9.17) is 4.98 Å². The highest BCUT2D eigenvalue weighted by molar-refractivity contribution is 5.76. The zero-order valence-corrected chi connectivity index (χ0v) is 16.4. The lowest BCUT2D eigenvalue weighted by Gasteiger charge is -2.32. The molecule has 138 valence electrons. The van der Waals surface area contributed by atoms with Crippen LogP contribution in [0.4, 0.5) is 11.4 Å². The van der Waals surface area contributed by atoms with Gasteiger partial charge in [0.25, 0.3) is 0 Å². The van der Waals surface area contributed by atoms with E-state index in [-0.39, 0.29) is 0 Å². The van der Waals surface area contributed by atoms with Gasteiger partial charge in [-0.2, -0.15) is 0 Å². The monoisotopic (exact) mass is 349 g/mol. The Morgan fingerprint density at radius 3 is 2.85 bits per heavy atom. The van der Waals surface area contributed by atoms with E-state index in [1.54, 1.807) is 0 Å². The van der Waals surface area contributed by atoms with Crippen molar-refractivity contribution >= 4 is 17.5 Å². The molecule has 1 fully saturated rings. The summed E-state index contributed by atoms with van der Waals surface area (Å²) < 4.78 is 0. The second kappa shape index (κ2) is 8.39. The minimum Gasteiger partial charge on any atom is -0.388 e. The molecule has 1 aliphatic heterocycles. The first-order valence-electron chi connectivity index (χ1n) is 9.85. The van der Waals surface area contributed by atoms with Crippen molar-refractivity contribution < 1.29 is 0 Å². The Morgan fingerprint density at radius 1 is 1.27 bits per heavy atom. The molecule has 1 aliphatic rings. The Kier molecular flexibility index (Phi) is 5.97. The zero-order chi connectivity index (χ0) is 18.5. The summed E-state index contributed by atoms with van der Waals surface area (Å²) in [7, 11) is 1.96. The molecule has 1 aromatic heterocycles. The van der Waals surface area contributed by atoms with Gasteiger partial charge < -0.3 is 10.2 Å². The third-order valence-electron chi connectivity index (χ3n) is 5.59. The Balaban J connectivity index is 2.08. The van der Waals surface area contributed by atoms with Crippen LogP contribution in [0.3, 0.4) is 0 Å². The first-order valence-corrected chi connectivity index (χ1v) is 9.85. The van der Waals surface area contributed by atoms with Crippen molar-refractivity contribution in [3.05, 3.63) is 48.3 Å². The molecule has 1 unspecified atom stereocenters. The predicted molar refractivity (Wildman–Crippen MR) is 114 cm³/mol. The molecule has 2 aromatic rings. The van der Waals surface area contributed by atoms with Gasteiger partial charge in [0.15, 0.2) is 0 Å². The van der Waals surface area contributed by atoms with Gasteiger partial charge in [0.2, 0.25) is 0 Å². The van der Waals surface area contributed by atoms with E-state index in [1.165, 1.54) is 54.5 Å². The summed E-state index contributed by atoms with van der Waals surface area (Å²) in [6, 6.07) is 9.41. The number of pyridine rings is 1. The van der Waals surface area contributed by atoms with Gasteiger partial charge in [-0.3, -0.25) is 4.98 Å². The van der Waals surface area contributed by atoms with E-state index < -0.39 is 0 Å². The Hall–Kier alpha value is -2.29. The number of rotatable bonds is 5. The van der Waals surface area contributed by atoms with Crippen LogP contribution in [0.5, 0.6) is 0 Å². The maximum Gasteiger partial charge on any atom is 0.0857 e. The average Bonchev–Trinajstić information content (AvgIpc) is 2.93. The molecule has 0 spiro atoms. The number of nitrogens with one attached hydrogen (secondary N) is 1. The fourth-order valence-electron chi connectivity index (χ4n) is 4.01. The summed E-state index contributed by atoms with van der Waals surface area (Å²) in [4.78, 5) is 7.35. The van der Waals surface area contributed by atoms with E-state index in [1.807, 2.05) is 19.3 Å². The number of hydrogen-bond acceptors (Lipinski definition) is 3. The standard InChI is InChI=1S/C23H31N3/c1-5-20-10-8-7-9-13-26(20)23-14-18(16-25-22(23)6-2)21-15-19(24-4)12-11-17(21)3/h6,11-12,14-16,20,24H,2,5,7-10,13H2,1,3-4H3. The molecule has 3 nitrogen and oxygen atoms in total. The van der Waals surface area contributed by atoms with Gasteiger partial charge in [-0.1, -0.05) is 32.4 Å². The van der Waals surface area contributed by atoms with Crippen molar-refractivity contribution in [2.75, 3.05) is 23.8 Å². The first-order chi connectivity index (χ1) is 12.7. The van der Waals surface area contributed by atoms with E-state index in [9.17, 15) is 0 Å². The van der Waals surface area contributed by atoms with Crippen LogP contribution in [-0.4, -0.2) is 24.6 Å². The van der Waals surface area contributed by atoms with Gasteiger partial charge in [0.1, 0.15) is 0 Å². The summed E-state index contributed by atoms with van der Waals surface area (Å²) in [5.41, 5.74) is 7.05. The molecule has 0 saturated carbocycles. The van der Waals surface area contributed by atoms with Crippen LogP contribution in [0.15, 0.2) is 37.0 Å². The second-order valence-corrected chi connectivity index (χ2v) is 7.22. The summed E-state index contributed by atoms with van der Waals surface area (Å²) in [5.74, 6) is 0. The van der Waals surface area contributed by atoms with E-state index in [0.29, 0.717) is 6.04 Å². The topological polar surface area (TPSA) is 28.2 Å². The minimum absolute atomic E-state index is 0.595. The van der Waals surface area contributed by atoms with Gasteiger partial charge in [-0.25, -0.2) is 0 Å². The molecule has 1 saturated heterocycles. The second-order valence-electron chi connectivity index (χ2n) is 7.22. The van der Waals surface area contributed by atoms with Crippen molar-refractivity contribution in [2.24, 2.45) is 0 Å². The van der Waals surface area contributed by atoms with Crippen LogP contribution >= 0.6 is 0 Å². The zero-order valence-electron chi connectivity index (χ0n) is 16.4. The fourth-order valence-corrected chi connectivity index (χ4v) is 4.01. The van der Waals surface area contributed by atoms with Crippen molar-refractivity contribution in [2.45, 2.75) is 52.0 Å². The van der Waals surface area contributed by atoms with Gasteiger partial charge >= 0.3 is 0 Å². The lowest BCUT2D eigenvalue weighted by atomic mass is 9.99. The molecule has 1 atom stereocenters. The van der Waals surface area contributed by atoms with Crippen LogP contribution in [0, 0.1) is 6.92 Å². The Bertz CT molecular complexity index is 766. The molecule has 3 heteroatoms. The number of nitrogens with zero attached hydrogens (tertiary/aromatic N) is 2. The molecule has 1 N–H and O–H groups in total. The SMILES string of the molecule is C=Cc1ncc(-c2cc(NC)ccc2C)cc1N1CCCCCC1CC. The van der Waals surface area contributed by atoms with Crippen molar-refractivity contribution in [3.8, 4) is 11.1 Å². The van der Waals surface area contributed by atoms with Crippen molar-refractivity contribution in [1.29, 1.82) is 0 Å². The van der Waals surface area contributed by atoms with Gasteiger partial charge in [-0.15, -0.1) is 0 Å². The summed E-state index contributed by atoms with van der Waals surface area (Å²) in [6.07, 6.45) is 10.2. The van der Waals surface area contributed by atoms with Crippen LogP contribution in [0.1, 0.15) is 50.3 Å². The molecule has 2 heterocycles. The number of benzene rings is 1. The third-order valence-corrected chi connectivity index (χ3v) is 5.59. The quantitative estimate of drug-likeness (QED) is 0.728. The molecule has 3 rings (SSSR count). The summed E-state index contributed by atoms with van der Waals surface area (Å²) >= 11 is 0. The molecular formula is C23H31N3. The van der Waals surface area contributed by atoms with Gasteiger partial charge in [0, 0.05) is 37.1 Å². The molecule has 0 amide bonds. The normalized spacial score (nSPS) is 17.7. The number of hydrogen-bond donors (Lipinski definition) is 1. The lowest BCUT2D eigenvalue weighted by molar-refractivity contribution is 0.555. The van der Waals surface area contributed by atoms with Crippen LogP contribution in [0.25, 0.3) is 17.2 Å². The summed E-state index contributed by atoms with van der Waals surface area (Å²) in [5, 5.41) is 3.24. The molecule has 0 aliphatic carbocycles. The Labute approximate surface area is 158 Å². The van der Waals surface area contributed by atoms with E-state index in [2.05, 4.69) is 54.9 Å². The third kappa shape index (κ3) is 3.77. The molecular weight excluding hydrogens is 318 g/mol. The minimum atomic E-state index is 0.595. The van der Waals surface area contributed by atoms with Gasteiger partial charge in [-0.05, 0) is 61.6 Å². The smallest absolute Gasteiger partial charge is 0.0857 e. The number of aryl methyl sites for hydroxylation is 1. The highest BCUT2D eigenvalue weighted by Gasteiger charge is 2.22. The summed E-state index contributed by atoms with van der Waals surface area (Å²) in [6.45, 7) is 9.58. The first kappa shape index (κ1) is 18.5. The average molecular weight is 350 g/mol. The highest BCUT2D eigenvalue weighted by atomic mass is 15.2. The maximum atomic E-state index is 4.76. The van der Waals surface area contributed by atoms with Crippen molar-refractivity contribution in [3.63, 3.8) is 0 Å². The maximum absolute atomic E-state index is 4.76. The number of anilines is 2. The highest BCUT2D eigenvalue weighted by Crippen LogP contribution is 2.34. The van der Waals surface area contributed by atoms with E-state index >= 15 is 0 Å². The molecule has 0 bridgehead atoms.